The summed E-state index contributed by atoms with van der Waals surface area (Å²) in [7, 11) is 1.44. The Hall–Kier alpha value is -2.08. The zero-order valence-electron chi connectivity index (χ0n) is 12.7. The topological polar surface area (TPSA) is 71.4 Å². The first kappa shape index (κ1) is 17.0. The Morgan fingerprint density at radius 2 is 2.05 bits per heavy atom. The van der Waals surface area contributed by atoms with Crippen molar-refractivity contribution in [2.24, 2.45) is 5.16 Å². The summed E-state index contributed by atoms with van der Waals surface area (Å²) < 4.78 is 5.25. The summed E-state index contributed by atoms with van der Waals surface area (Å²) >= 11 is 0. The second kappa shape index (κ2) is 8.97. The fourth-order valence-corrected chi connectivity index (χ4v) is 1.79. The summed E-state index contributed by atoms with van der Waals surface area (Å²) in [5, 5.41) is 13.2. The molecule has 1 aromatic carbocycles. The predicted molar refractivity (Wildman–Crippen MR) is 80.0 cm³/mol. The van der Waals surface area contributed by atoms with Gasteiger partial charge in [0, 0.05) is 0 Å². The van der Waals surface area contributed by atoms with Crippen molar-refractivity contribution in [3.63, 3.8) is 0 Å². The van der Waals surface area contributed by atoms with Gasteiger partial charge >= 0.3 is 6.09 Å². The molecule has 0 aromatic heterocycles. The minimum Gasteiger partial charge on any atom is -0.445 e. The maximum absolute atomic E-state index is 12.1. The number of nitrogens with zero attached hydrogens (tertiary/aromatic N) is 2. The number of benzene rings is 1. The van der Waals surface area contributed by atoms with Crippen molar-refractivity contribution >= 4 is 11.8 Å². The van der Waals surface area contributed by atoms with Crippen molar-refractivity contribution in [3.8, 4) is 0 Å². The lowest BCUT2D eigenvalue weighted by Gasteiger charge is -2.23. The molecule has 0 aliphatic rings. The molecule has 0 saturated carbocycles. The summed E-state index contributed by atoms with van der Waals surface area (Å²) in [5.74, 6) is 0. The van der Waals surface area contributed by atoms with Crippen LogP contribution >= 0.6 is 0 Å². The number of ether oxygens (including phenoxy) is 1. The van der Waals surface area contributed by atoms with Gasteiger partial charge in [0.2, 0.25) is 0 Å². The summed E-state index contributed by atoms with van der Waals surface area (Å²) in [6.07, 6.45) is -1.14. The van der Waals surface area contributed by atoms with Gasteiger partial charge in [0.15, 0.2) is 0 Å². The second-order valence-electron chi connectivity index (χ2n) is 4.78. The van der Waals surface area contributed by atoms with Crippen molar-refractivity contribution in [1.82, 2.24) is 4.90 Å². The highest BCUT2D eigenvalue weighted by Crippen LogP contribution is 2.04. The molecule has 1 unspecified atom stereocenters. The number of aliphatic hydroxyl groups is 1. The minimum atomic E-state index is -0.648. The normalized spacial score (nSPS) is 12.7. The number of oxime groups is 1. The van der Waals surface area contributed by atoms with Crippen molar-refractivity contribution in [2.45, 2.75) is 26.6 Å². The van der Waals surface area contributed by atoms with E-state index in [-0.39, 0.29) is 19.7 Å². The Bertz CT molecular complexity index is 460. The average molecular weight is 294 g/mol. The van der Waals surface area contributed by atoms with Gasteiger partial charge < -0.3 is 14.7 Å². The number of rotatable bonds is 7. The van der Waals surface area contributed by atoms with Crippen LogP contribution in [-0.4, -0.2) is 48.1 Å². The molecule has 6 nitrogen and oxygen atoms in total. The molecule has 0 aliphatic heterocycles. The Labute approximate surface area is 125 Å². The van der Waals surface area contributed by atoms with Crippen LogP contribution in [0.15, 0.2) is 35.5 Å². The van der Waals surface area contributed by atoms with Gasteiger partial charge in [0.05, 0.1) is 24.9 Å². The molecule has 0 radical (unpaired) electrons. The van der Waals surface area contributed by atoms with E-state index in [1.165, 1.54) is 12.0 Å². The first-order valence-corrected chi connectivity index (χ1v) is 6.73. The SMILES string of the molecule is CO/N=C(\C)CN(CC(C)O)C(=O)OCc1ccccc1. The zero-order chi connectivity index (χ0) is 15.7. The highest BCUT2D eigenvalue weighted by Gasteiger charge is 2.18. The van der Waals surface area contributed by atoms with Crippen molar-refractivity contribution in [1.29, 1.82) is 0 Å². The molecule has 21 heavy (non-hydrogen) atoms. The van der Waals surface area contributed by atoms with Crippen molar-refractivity contribution < 1.29 is 19.5 Å². The number of carbonyl (C=O) groups excluding carboxylic acids is 1. The van der Waals surface area contributed by atoms with E-state index in [2.05, 4.69) is 9.99 Å². The van der Waals surface area contributed by atoms with Crippen LogP contribution in [0.25, 0.3) is 0 Å². The number of hydrogen-bond donors (Lipinski definition) is 1. The summed E-state index contributed by atoms with van der Waals surface area (Å²) in [5.41, 5.74) is 1.53. The third kappa shape index (κ3) is 6.76. The third-order valence-corrected chi connectivity index (χ3v) is 2.61. The van der Waals surface area contributed by atoms with E-state index in [4.69, 9.17) is 4.74 Å². The van der Waals surface area contributed by atoms with Gasteiger partial charge in [-0.3, -0.25) is 4.90 Å². The number of hydrogen-bond acceptors (Lipinski definition) is 5. The Kier molecular flexibility index (Phi) is 7.25. The smallest absolute Gasteiger partial charge is 0.410 e. The van der Waals surface area contributed by atoms with Crippen molar-refractivity contribution in [3.05, 3.63) is 35.9 Å². The molecule has 116 valence electrons. The zero-order valence-corrected chi connectivity index (χ0v) is 12.7. The van der Waals surface area contributed by atoms with Crippen LogP contribution in [0.5, 0.6) is 0 Å². The largest absolute Gasteiger partial charge is 0.445 e. The molecule has 1 rings (SSSR count). The molecule has 1 aromatic rings. The van der Waals surface area contributed by atoms with Gasteiger partial charge in [-0.15, -0.1) is 0 Å². The van der Waals surface area contributed by atoms with E-state index in [1.807, 2.05) is 30.3 Å². The predicted octanol–water partition coefficient (Wildman–Crippen LogP) is 2.03. The van der Waals surface area contributed by atoms with Crippen LogP contribution in [-0.2, 0) is 16.2 Å². The van der Waals surface area contributed by atoms with Gasteiger partial charge in [-0.25, -0.2) is 4.79 Å². The van der Waals surface area contributed by atoms with Gasteiger partial charge in [-0.05, 0) is 19.4 Å². The number of amides is 1. The molecule has 0 saturated heterocycles. The molecule has 0 aliphatic carbocycles. The lowest BCUT2D eigenvalue weighted by Crippen LogP contribution is -2.40. The quantitative estimate of drug-likeness (QED) is 0.617. The molecule has 1 N–H and O–H groups in total. The van der Waals surface area contributed by atoms with Crippen LogP contribution in [0.2, 0.25) is 0 Å². The van der Waals surface area contributed by atoms with Crippen LogP contribution in [0.3, 0.4) is 0 Å². The van der Waals surface area contributed by atoms with E-state index in [9.17, 15) is 9.90 Å². The molecule has 0 heterocycles. The molecular formula is C15H22N2O4. The monoisotopic (exact) mass is 294 g/mol. The molecule has 1 amide bonds. The minimum absolute atomic E-state index is 0.171. The summed E-state index contributed by atoms with van der Waals surface area (Å²) in [6, 6.07) is 9.42. The van der Waals surface area contributed by atoms with E-state index in [0.29, 0.717) is 5.71 Å². The van der Waals surface area contributed by atoms with Crippen LogP contribution in [0.1, 0.15) is 19.4 Å². The maximum Gasteiger partial charge on any atom is 0.410 e. The maximum atomic E-state index is 12.1. The highest BCUT2D eigenvalue weighted by atomic mass is 16.6. The Balaban J connectivity index is 2.60. The second-order valence-corrected chi connectivity index (χ2v) is 4.78. The third-order valence-electron chi connectivity index (χ3n) is 2.61. The van der Waals surface area contributed by atoms with E-state index < -0.39 is 12.2 Å². The van der Waals surface area contributed by atoms with E-state index in [1.54, 1.807) is 13.8 Å². The lowest BCUT2D eigenvalue weighted by molar-refractivity contribution is 0.0789. The van der Waals surface area contributed by atoms with E-state index >= 15 is 0 Å². The first-order chi connectivity index (χ1) is 10.0. The Morgan fingerprint density at radius 3 is 2.62 bits per heavy atom. The molecule has 0 spiro atoms. The number of aliphatic hydroxyl groups excluding tert-OH is 1. The molecular weight excluding hydrogens is 272 g/mol. The van der Waals surface area contributed by atoms with Gasteiger partial charge in [0.25, 0.3) is 0 Å². The standard InChI is InChI=1S/C15H22N2O4/c1-12(16-20-3)9-17(10-13(2)18)15(19)21-11-14-7-5-4-6-8-14/h4-8,13,18H,9-11H2,1-3H3/b16-12+. The average Bonchev–Trinajstić information content (AvgIpc) is 2.45. The summed E-state index contributed by atoms with van der Waals surface area (Å²) in [6.45, 7) is 3.95. The fraction of sp³-hybridized carbons (Fsp3) is 0.467. The molecule has 6 heteroatoms. The van der Waals surface area contributed by atoms with Crippen LogP contribution in [0.4, 0.5) is 4.79 Å². The van der Waals surface area contributed by atoms with Gasteiger partial charge in [-0.2, -0.15) is 0 Å². The van der Waals surface area contributed by atoms with Crippen molar-refractivity contribution in [2.75, 3.05) is 20.2 Å². The lowest BCUT2D eigenvalue weighted by atomic mass is 10.2. The fourth-order valence-electron chi connectivity index (χ4n) is 1.79. The Morgan fingerprint density at radius 1 is 1.38 bits per heavy atom. The van der Waals surface area contributed by atoms with Crippen LogP contribution < -0.4 is 0 Å². The number of carbonyl (C=O) groups is 1. The molecule has 1 atom stereocenters. The summed E-state index contributed by atoms with van der Waals surface area (Å²) in [4.78, 5) is 18.1. The van der Waals surface area contributed by atoms with Gasteiger partial charge in [-0.1, -0.05) is 35.5 Å². The van der Waals surface area contributed by atoms with E-state index in [0.717, 1.165) is 5.56 Å². The molecule has 0 fully saturated rings. The first-order valence-electron chi connectivity index (χ1n) is 6.73. The van der Waals surface area contributed by atoms with Gasteiger partial charge in [0.1, 0.15) is 13.7 Å². The highest BCUT2D eigenvalue weighted by molar-refractivity contribution is 5.86. The molecule has 0 bridgehead atoms. The van der Waals surface area contributed by atoms with Crippen LogP contribution in [0, 0.1) is 0 Å².